The lowest BCUT2D eigenvalue weighted by Crippen LogP contribution is -1.99. The summed E-state index contributed by atoms with van der Waals surface area (Å²) in [5, 5.41) is 8.65. The minimum atomic E-state index is 0.704. The van der Waals surface area contributed by atoms with Gasteiger partial charge >= 0.3 is 0 Å². The fourth-order valence-corrected chi connectivity index (χ4v) is 6.42. The van der Waals surface area contributed by atoms with Crippen LogP contribution in [0, 0.1) is 0 Å². The molecule has 0 radical (unpaired) electrons. The minimum Gasteiger partial charge on any atom is -0.450 e. The molecule has 0 aromatic heterocycles. The molecule has 0 atom stereocenters. The fraction of sp³-hybridized carbons (Fsp3) is 0. The Labute approximate surface area is 273 Å². The van der Waals surface area contributed by atoms with Gasteiger partial charge in [0.1, 0.15) is 0 Å². The maximum Gasteiger partial charge on any atom is 0.170 e. The summed E-state index contributed by atoms with van der Waals surface area (Å²) in [6.45, 7) is 0. The zero-order valence-electron chi connectivity index (χ0n) is 25.5. The van der Waals surface area contributed by atoms with Crippen molar-refractivity contribution in [3.8, 4) is 56.4 Å². The van der Waals surface area contributed by atoms with E-state index in [4.69, 9.17) is 9.47 Å². The molecule has 1 aliphatic rings. The third-order valence-electron chi connectivity index (χ3n) is 8.82. The van der Waals surface area contributed by atoms with Crippen molar-refractivity contribution in [2.24, 2.45) is 0 Å². The molecular weight excluding hydrogens is 574 g/mol. The third kappa shape index (κ3) is 5.24. The summed E-state index contributed by atoms with van der Waals surface area (Å²) in [6.07, 6.45) is 0. The van der Waals surface area contributed by atoms with Gasteiger partial charge in [-0.2, -0.15) is 0 Å². The highest BCUT2D eigenvalue weighted by atomic mass is 16.6. The van der Waals surface area contributed by atoms with Crippen molar-refractivity contribution in [1.82, 2.24) is 0 Å². The molecule has 1 N–H and O–H groups in total. The second kappa shape index (κ2) is 11.2. The van der Waals surface area contributed by atoms with Gasteiger partial charge in [0.05, 0.1) is 0 Å². The van der Waals surface area contributed by atoms with Gasteiger partial charge in [-0.15, -0.1) is 0 Å². The largest absolute Gasteiger partial charge is 0.450 e. The Morgan fingerprint density at radius 3 is 1.45 bits per heavy atom. The lowest BCUT2D eigenvalue weighted by molar-refractivity contribution is 0.360. The number of para-hydroxylation sites is 2. The van der Waals surface area contributed by atoms with Gasteiger partial charge in [0, 0.05) is 11.4 Å². The number of fused-ring (bicyclic) bond motifs is 4. The van der Waals surface area contributed by atoms with E-state index < -0.39 is 0 Å². The number of benzene rings is 8. The van der Waals surface area contributed by atoms with Crippen LogP contribution in [-0.4, -0.2) is 0 Å². The molecule has 0 saturated heterocycles. The smallest absolute Gasteiger partial charge is 0.170 e. The molecule has 0 unspecified atom stereocenters. The molecule has 9 rings (SSSR count). The summed E-state index contributed by atoms with van der Waals surface area (Å²) >= 11 is 0. The predicted octanol–water partition coefficient (Wildman–Crippen LogP) is 12.6. The molecule has 0 saturated carbocycles. The summed E-state index contributed by atoms with van der Waals surface area (Å²) in [5.74, 6) is 2.86. The van der Waals surface area contributed by atoms with E-state index >= 15 is 0 Å². The zero-order chi connectivity index (χ0) is 31.2. The predicted molar refractivity (Wildman–Crippen MR) is 194 cm³/mol. The van der Waals surface area contributed by atoms with Crippen LogP contribution in [0.5, 0.6) is 23.0 Å². The summed E-state index contributed by atoms with van der Waals surface area (Å²) < 4.78 is 12.4. The quantitative estimate of drug-likeness (QED) is 0.212. The van der Waals surface area contributed by atoms with E-state index in [2.05, 4.69) is 145 Å². The van der Waals surface area contributed by atoms with Crippen molar-refractivity contribution in [2.45, 2.75) is 0 Å². The molecule has 222 valence electrons. The Bertz CT molecular complexity index is 2460. The van der Waals surface area contributed by atoms with Gasteiger partial charge in [0.2, 0.25) is 0 Å². The van der Waals surface area contributed by atoms with Gasteiger partial charge in [-0.1, -0.05) is 103 Å². The van der Waals surface area contributed by atoms with Crippen molar-refractivity contribution < 1.29 is 9.47 Å². The van der Waals surface area contributed by atoms with Crippen molar-refractivity contribution in [2.75, 3.05) is 5.32 Å². The molecule has 3 nitrogen and oxygen atoms in total. The van der Waals surface area contributed by atoms with Crippen LogP contribution in [0.4, 0.5) is 11.4 Å². The molecule has 0 spiro atoms. The summed E-state index contributed by atoms with van der Waals surface area (Å²) in [4.78, 5) is 0. The Hall–Kier alpha value is -6.32. The van der Waals surface area contributed by atoms with Crippen LogP contribution in [0.2, 0.25) is 0 Å². The molecular formula is C44H29NO2. The molecule has 47 heavy (non-hydrogen) atoms. The van der Waals surface area contributed by atoms with Crippen molar-refractivity contribution in [3.05, 3.63) is 170 Å². The second-order valence-corrected chi connectivity index (χ2v) is 11.9. The number of hydrogen-bond acceptors (Lipinski definition) is 3. The first-order valence-corrected chi connectivity index (χ1v) is 15.8. The van der Waals surface area contributed by atoms with E-state index in [1.165, 1.54) is 32.7 Å². The molecule has 0 fully saturated rings. The lowest BCUT2D eigenvalue weighted by atomic mass is 9.96. The van der Waals surface area contributed by atoms with E-state index in [0.29, 0.717) is 11.5 Å². The Balaban J connectivity index is 1.11. The third-order valence-corrected chi connectivity index (χ3v) is 8.82. The minimum absolute atomic E-state index is 0.704. The van der Waals surface area contributed by atoms with Crippen LogP contribution in [0.3, 0.4) is 0 Å². The standard InChI is InChI=1S/C44H29NO2/c1-3-10-31-22-34(18-16-29(31)8-1)33-12-7-13-39(25-33)45-40-26-37(35-19-17-30-9-2-4-11-32(30)23-35)24-38(27-40)36-20-21-43-44(28-36)47-42-15-6-5-14-41(42)46-43/h1-28,45H. The molecule has 0 amide bonds. The van der Waals surface area contributed by atoms with Gasteiger partial charge in [-0.25, -0.2) is 0 Å². The normalized spacial score (nSPS) is 11.7. The maximum absolute atomic E-state index is 6.27. The van der Waals surface area contributed by atoms with E-state index in [9.17, 15) is 0 Å². The second-order valence-electron chi connectivity index (χ2n) is 11.9. The maximum atomic E-state index is 6.27. The van der Waals surface area contributed by atoms with Crippen molar-refractivity contribution in [3.63, 3.8) is 0 Å². The Kier molecular flexibility index (Phi) is 6.46. The number of hydrogen-bond donors (Lipinski definition) is 1. The SMILES string of the molecule is c1cc(Nc2cc(-c3ccc4c(c3)Oc3ccccc3O4)cc(-c3ccc4ccccc4c3)c2)cc(-c2ccc3ccccc3c2)c1. The highest BCUT2D eigenvalue weighted by Crippen LogP contribution is 2.47. The van der Waals surface area contributed by atoms with Gasteiger partial charge in [0.15, 0.2) is 23.0 Å². The molecule has 8 aromatic rings. The van der Waals surface area contributed by atoms with Crippen LogP contribution in [0.25, 0.3) is 54.9 Å². The molecule has 1 aliphatic heterocycles. The van der Waals surface area contributed by atoms with Crippen molar-refractivity contribution in [1.29, 1.82) is 0 Å². The first-order chi connectivity index (χ1) is 23.2. The molecule has 1 heterocycles. The highest BCUT2D eigenvalue weighted by molar-refractivity contribution is 5.90. The molecule has 8 aromatic carbocycles. The van der Waals surface area contributed by atoms with Crippen LogP contribution >= 0.6 is 0 Å². The van der Waals surface area contributed by atoms with E-state index in [1.807, 2.05) is 30.3 Å². The highest BCUT2D eigenvalue weighted by Gasteiger charge is 2.19. The number of anilines is 2. The number of ether oxygens (including phenoxy) is 2. The van der Waals surface area contributed by atoms with Crippen LogP contribution in [0.15, 0.2) is 170 Å². The van der Waals surface area contributed by atoms with Gasteiger partial charge in [-0.3, -0.25) is 0 Å². The van der Waals surface area contributed by atoms with Gasteiger partial charge < -0.3 is 14.8 Å². The first kappa shape index (κ1) is 27.0. The Morgan fingerprint density at radius 1 is 0.277 bits per heavy atom. The van der Waals surface area contributed by atoms with E-state index in [0.717, 1.165) is 45.1 Å². The van der Waals surface area contributed by atoms with Gasteiger partial charge in [0.25, 0.3) is 0 Å². The van der Waals surface area contributed by atoms with Crippen LogP contribution < -0.4 is 14.8 Å². The van der Waals surface area contributed by atoms with E-state index in [-0.39, 0.29) is 0 Å². The van der Waals surface area contributed by atoms with Gasteiger partial charge in [-0.05, 0) is 122 Å². The zero-order valence-corrected chi connectivity index (χ0v) is 25.5. The first-order valence-electron chi connectivity index (χ1n) is 15.8. The van der Waals surface area contributed by atoms with Crippen molar-refractivity contribution >= 4 is 32.9 Å². The average Bonchev–Trinajstić information content (AvgIpc) is 3.13. The fourth-order valence-electron chi connectivity index (χ4n) is 6.42. The van der Waals surface area contributed by atoms with Crippen LogP contribution in [-0.2, 0) is 0 Å². The topological polar surface area (TPSA) is 30.5 Å². The number of rotatable bonds is 5. The molecule has 0 bridgehead atoms. The molecule has 3 heteroatoms. The lowest BCUT2D eigenvalue weighted by Gasteiger charge is -2.21. The van der Waals surface area contributed by atoms with E-state index in [1.54, 1.807) is 0 Å². The average molecular weight is 604 g/mol. The summed E-state index contributed by atoms with van der Waals surface area (Å²) in [7, 11) is 0. The van der Waals surface area contributed by atoms with Crippen LogP contribution in [0.1, 0.15) is 0 Å². The summed E-state index contributed by atoms with van der Waals surface area (Å²) in [5.41, 5.74) is 8.79. The molecule has 0 aliphatic carbocycles. The summed E-state index contributed by atoms with van der Waals surface area (Å²) in [6, 6.07) is 59.5. The monoisotopic (exact) mass is 603 g/mol. The number of nitrogens with one attached hydrogen (secondary N) is 1. The Morgan fingerprint density at radius 2 is 0.766 bits per heavy atom.